The second-order valence-electron chi connectivity index (χ2n) is 7.93. The van der Waals surface area contributed by atoms with Crippen LogP contribution in [0.1, 0.15) is 72.6 Å². The predicted octanol–water partition coefficient (Wildman–Crippen LogP) is 3.14. The molecule has 0 aliphatic heterocycles. The third-order valence-corrected chi connectivity index (χ3v) is 5.74. The molecule has 4 heteroatoms. The van der Waals surface area contributed by atoms with E-state index in [2.05, 4.69) is 33.0 Å². The van der Waals surface area contributed by atoms with Gasteiger partial charge in [-0.1, -0.05) is 0 Å². The van der Waals surface area contributed by atoms with E-state index < -0.39 is 5.60 Å². The fraction of sp³-hybridized carbons (Fsp3) is 0.941. The molecule has 2 rings (SSSR count). The molecule has 2 atom stereocenters. The molecule has 0 aromatic heterocycles. The Bertz CT molecular complexity index is 387. The zero-order valence-corrected chi connectivity index (χ0v) is 16.0. The molecule has 0 saturated heterocycles. The van der Waals surface area contributed by atoms with E-state index in [0.717, 1.165) is 30.0 Å². The second kappa shape index (κ2) is 6.51. The van der Waals surface area contributed by atoms with Crippen molar-refractivity contribution < 1.29 is 29.2 Å². The summed E-state index contributed by atoms with van der Waals surface area (Å²) in [4.78, 5) is 0. The van der Waals surface area contributed by atoms with Crippen molar-refractivity contribution in [1.82, 2.24) is 5.32 Å². The Morgan fingerprint density at radius 2 is 2.00 bits per heavy atom. The van der Waals surface area contributed by atoms with Gasteiger partial charge >= 0.3 is 140 Å². The van der Waals surface area contributed by atoms with E-state index >= 15 is 0 Å². The first kappa shape index (κ1) is 17.8. The molecule has 0 amide bonds. The van der Waals surface area contributed by atoms with Crippen LogP contribution in [0.2, 0.25) is 0 Å². The molecular weight excluding hydrogens is 346 g/mol. The topological polar surface area (TPSA) is 41.5 Å². The molecule has 0 spiro atoms. The summed E-state index contributed by atoms with van der Waals surface area (Å²) in [7, 11) is 0. The SMILES string of the molecule is CCCC1(C2(O)CCC[C@@H]2CN[C](=[Mo])OC(C)(C)C)CC1. The molecule has 2 aliphatic carbocycles. The van der Waals surface area contributed by atoms with Crippen LogP contribution in [0, 0.1) is 11.3 Å². The van der Waals surface area contributed by atoms with Crippen molar-refractivity contribution in [3.05, 3.63) is 0 Å². The summed E-state index contributed by atoms with van der Waals surface area (Å²) in [6, 6.07) is 0. The normalized spacial score (nSPS) is 31.4. The maximum atomic E-state index is 11.3. The minimum absolute atomic E-state index is 0.161. The molecule has 3 nitrogen and oxygen atoms in total. The van der Waals surface area contributed by atoms with Crippen molar-refractivity contribution in [3.63, 3.8) is 0 Å². The number of nitrogens with one attached hydrogen (secondary N) is 1. The number of ether oxygens (including phenoxy) is 1. The van der Waals surface area contributed by atoms with Gasteiger partial charge in [-0.25, -0.2) is 0 Å². The number of aliphatic hydroxyl groups is 1. The zero-order valence-electron chi connectivity index (χ0n) is 14.0. The average molecular weight is 377 g/mol. The van der Waals surface area contributed by atoms with Gasteiger partial charge in [-0.15, -0.1) is 0 Å². The first-order chi connectivity index (χ1) is 9.72. The van der Waals surface area contributed by atoms with Gasteiger partial charge in [0.05, 0.1) is 0 Å². The van der Waals surface area contributed by atoms with Gasteiger partial charge in [0, 0.05) is 0 Å². The minimum atomic E-state index is -0.445. The van der Waals surface area contributed by atoms with Crippen LogP contribution < -0.4 is 5.32 Å². The van der Waals surface area contributed by atoms with Crippen LogP contribution in [-0.2, 0) is 24.1 Å². The molecule has 2 fully saturated rings. The van der Waals surface area contributed by atoms with Gasteiger partial charge in [-0.3, -0.25) is 0 Å². The monoisotopic (exact) mass is 379 g/mol. The van der Waals surface area contributed by atoms with Gasteiger partial charge in [0.1, 0.15) is 0 Å². The van der Waals surface area contributed by atoms with Crippen LogP contribution >= 0.6 is 0 Å². The molecule has 0 aromatic carbocycles. The van der Waals surface area contributed by atoms with Crippen LogP contribution in [0.5, 0.6) is 0 Å². The summed E-state index contributed by atoms with van der Waals surface area (Å²) in [5, 5.41) is 14.7. The Balaban J connectivity index is 1.92. The van der Waals surface area contributed by atoms with E-state index in [-0.39, 0.29) is 11.0 Å². The summed E-state index contributed by atoms with van der Waals surface area (Å²) in [5.41, 5.74) is -0.380. The Morgan fingerprint density at radius 1 is 1.33 bits per heavy atom. The molecule has 0 radical (unpaired) electrons. The van der Waals surface area contributed by atoms with Crippen LogP contribution in [-0.4, -0.2) is 27.1 Å². The van der Waals surface area contributed by atoms with E-state index in [1.54, 1.807) is 0 Å². The maximum absolute atomic E-state index is 11.3. The van der Waals surface area contributed by atoms with Gasteiger partial charge < -0.3 is 0 Å². The standard InChI is InChI=1S/C17H31NO2.Mo/c1-5-8-16(10-11-16)17(19)9-6-7-14(17)12-18-13-20-15(2,3)4;/h14,18-19H,5-12H2,1-4H3;/t14-,17?;/m1./s1. The summed E-state index contributed by atoms with van der Waals surface area (Å²) in [6.07, 6.45) is 8.08. The van der Waals surface area contributed by atoms with E-state index in [1.165, 1.54) is 25.7 Å². The van der Waals surface area contributed by atoms with Gasteiger partial charge in [-0.2, -0.15) is 0 Å². The molecule has 1 unspecified atom stereocenters. The van der Waals surface area contributed by atoms with Crippen LogP contribution in [0.25, 0.3) is 0 Å². The van der Waals surface area contributed by atoms with Crippen LogP contribution in [0.3, 0.4) is 0 Å². The van der Waals surface area contributed by atoms with E-state index in [9.17, 15) is 5.11 Å². The van der Waals surface area contributed by atoms with Crippen LogP contribution in [0.4, 0.5) is 0 Å². The van der Waals surface area contributed by atoms with Crippen molar-refractivity contribution >= 4 is 4.21 Å². The van der Waals surface area contributed by atoms with Crippen molar-refractivity contribution in [2.75, 3.05) is 6.54 Å². The van der Waals surface area contributed by atoms with E-state index in [1.807, 2.05) is 19.4 Å². The fourth-order valence-electron chi connectivity index (χ4n) is 4.08. The number of hydrogen-bond acceptors (Lipinski definition) is 3. The van der Waals surface area contributed by atoms with Crippen molar-refractivity contribution in [3.8, 4) is 0 Å². The predicted molar refractivity (Wildman–Crippen MR) is 82.7 cm³/mol. The summed E-state index contributed by atoms with van der Waals surface area (Å²) in [5.74, 6) is 0.367. The Hall–Kier alpha value is 0.438. The molecule has 0 bridgehead atoms. The average Bonchev–Trinajstić information content (AvgIpc) is 3.03. The van der Waals surface area contributed by atoms with E-state index in [4.69, 9.17) is 4.74 Å². The van der Waals surface area contributed by atoms with Gasteiger partial charge in [0.25, 0.3) is 0 Å². The Morgan fingerprint density at radius 3 is 2.52 bits per heavy atom. The van der Waals surface area contributed by atoms with Crippen molar-refractivity contribution in [2.45, 2.75) is 83.8 Å². The molecule has 122 valence electrons. The molecule has 2 N–H and O–H groups in total. The summed E-state index contributed by atoms with van der Waals surface area (Å²) < 4.78 is 6.73. The number of rotatable bonds is 7. The zero-order chi connectivity index (χ0) is 15.7. The molecule has 0 heterocycles. The quantitative estimate of drug-likeness (QED) is 0.670. The van der Waals surface area contributed by atoms with Crippen LogP contribution in [0.15, 0.2) is 0 Å². The molecular formula is C17H31MoNO2. The van der Waals surface area contributed by atoms with Gasteiger partial charge in [0.15, 0.2) is 0 Å². The molecule has 0 aromatic rings. The molecule has 21 heavy (non-hydrogen) atoms. The molecule has 2 saturated carbocycles. The fourth-order valence-corrected chi connectivity index (χ4v) is 4.90. The third kappa shape index (κ3) is 4.05. The Kier molecular flexibility index (Phi) is 5.52. The van der Waals surface area contributed by atoms with Gasteiger partial charge in [0.2, 0.25) is 0 Å². The Labute approximate surface area is 140 Å². The first-order valence-electron chi connectivity index (χ1n) is 8.42. The first-order valence-corrected chi connectivity index (χ1v) is 9.42. The third-order valence-electron chi connectivity index (χ3n) is 5.18. The number of hydrogen-bond donors (Lipinski definition) is 2. The second-order valence-corrected chi connectivity index (χ2v) is 8.84. The van der Waals surface area contributed by atoms with E-state index in [0.29, 0.717) is 5.92 Å². The molecule has 2 aliphatic rings. The van der Waals surface area contributed by atoms with Gasteiger partial charge in [-0.05, 0) is 0 Å². The summed E-state index contributed by atoms with van der Waals surface area (Å²) >= 11 is 1.91. The van der Waals surface area contributed by atoms with Crippen molar-refractivity contribution in [1.29, 1.82) is 0 Å². The summed E-state index contributed by atoms with van der Waals surface area (Å²) in [6.45, 7) is 9.26. The van der Waals surface area contributed by atoms with Crippen molar-refractivity contribution in [2.24, 2.45) is 11.3 Å².